The lowest BCUT2D eigenvalue weighted by atomic mass is 10.1. The van der Waals surface area contributed by atoms with Crippen molar-refractivity contribution in [1.82, 2.24) is 4.90 Å². The highest BCUT2D eigenvalue weighted by atomic mass is 19.1. The summed E-state index contributed by atoms with van der Waals surface area (Å²) in [4.78, 5) is 6.08. The summed E-state index contributed by atoms with van der Waals surface area (Å²) < 4.78 is 12.7. The number of nitrogens with two attached hydrogens (primary N) is 1. The topological polar surface area (TPSA) is 61.9 Å². The average molecular weight is 237 g/mol. The molecule has 0 amide bonds. The molecule has 0 saturated carbocycles. The van der Waals surface area contributed by atoms with Crippen molar-refractivity contribution in [2.24, 2.45) is 10.7 Å². The lowest BCUT2D eigenvalue weighted by Crippen LogP contribution is -2.46. The summed E-state index contributed by atoms with van der Waals surface area (Å²) in [5.41, 5.74) is 6.38. The van der Waals surface area contributed by atoms with Crippen LogP contribution in [0.25, 0.3) is 0 Å². The van der Waals surface area contributed by atoms with Gasteiger partial charge in [-0.05, 0) is 24.1 Å². The van der Waals surface area contributed by atoms with Gasteiger partial charge in [0.25, 0.3) is 0 Å². The van der Waals surface area contributed by atoms with E-state index in [0.717, 1.165) is 19.5 Å². The second kappa shape index (κ2) is 5.14. The van der Waals surface area contributed by atoms with Gasteiger partial charge in [0.05, 0.1) is 12.6 Å². The predicted octanol–water partition coefficient (Wildman–Crippen LogP) is 0.879. The molecule has 0 radical (unpaired) electrons. The Morgan fingerprint density at radius 2 is 2.06 bits per heavy atom. The Morgan fingerprint density at radius 1 is 1.41 bits per heavy atom. The van der Waals surface area contributed by atoms with Crippen LogP contribution < -0.4 is 5.73 Å². The number of aliphatic hydroxyl groups excluding tert-OH is 1. The molecular weight excluding hydrogens is 221 g/mol. The molecule has 0 spiro atoms. The third kappa shape index (κ3) is 2.94. The maximum absolute atomic E-state index is 12.7. The first-order valence-corrected chi connectivity index (χ1v) is 5.65. The van der Waals surface area contributed by atoms with Gasteiger partial charge in [0.2, 0.25) is 0 Å². The second-order valence-electron chi connectivity index (χ2n) is 4.11. The van der Waals surface area contributed by atoms with Gasteiger partial charge in [-0.15, -0.1) is 0 Å². The number of rotatable bonds is 3. The van der Waals surface area contributed by atoms with Crippen molar-refractivity contribution < 1.29 is 9.50 Å². The molecule has 1 heterocycles. The van der Waals surface area contributed by atoms with Crippen molar-refractivity contribution in [2.75, 3.05) is 19.6 Å². The minimum Gasteiger partial charge on any atom is -0.386 e. The Labute approximate surface area is 99.6 Å². The SMILES string of the molecule is NC(=NC[C@@H](O)c1ccc(F)cc1)N1CCC1. The molecule has 0 aliphatic carbocycles. The van der Waals surface area contributed by atoms with Crippen LogP contribution in [0.15, 0.2) is 29.3 Å². The van der Waals surface area contributed by atoms with Crippen molar-refractivity contribution in [1.29, 1.82) is 0 Å². The summed E-state index contributed by atoms with van der Waals surface area (Å²) in [7, 11) is 0. The molecule has 5 heteroatoms. The van der Waals surface area contributed by atoms with Crippen LogP contribution in [-0.4, -0.2) is 35.6 Å². The fraction of sp³-hybridized carbons (Fsp3) is 0.417. The van der Waals surface area contributed by atoms with Gasteiger partial charge in [-0.25, -0.2) is 4.39 Å². The van der Waals surface area contributed by atoms with Crippen LogP contribution in [0.3, 0.4) is 0 Å². The summed E-state index contributed by atoms with van der Waals surface area (Å²) in [6.07, 6.45) is 0.395. The number of halogens is 1. The molecule has 17 heavy (non-hydrogen) atoms. The standard InChI is InChI=1S/C12H16FN3O/c13-10-4-2-9(3-5-10)11(17)8-15-12(14)16-6-1-7-16/h2-5,11,17H,1,6-8H2,(H2,14,15)/t11-/m1/s1. The minimum atomic E-state index is -0.740. The zero-order chi connectivity index (χ0) is 12.3. The molecule has 1 atom stereocenters. The van der Waals surface area contributed by atoms with Crippen molar-refractivity contribution >= 4 is 5.96 Å². The Morgan fingerprint density at radius 3 is 2.59 bits per heavy atom. The molecule has 1 aliphatic heterocycles. The van der Waals surface area contributed by atoms with Gasteiger partial charge in [0, 0.05) is 13.1 Å². The van der Waals surface area contributed by atoms with Gasteiger partial charge in [-0.2, -0.15) is 0 Å². The number of hydrogen-bond donors (Lipinski definition) is 2. The quantitative estimate of drug-likeness (QED) is 0.606. The third-order valence-electron chi connectivity index (χ3n) is 2.86. The molecule has 2 rings (SSSR count). The van der Waals surface area contributed by atoms with Crippen LogP contribution in [0.4, 0.5) is 4.39 Å². The van der Waals surface area contributed by atoms with E-state index in [1.165, 1.54) is 12.1 Å². The molecule has 1 aromatic carbocycles. The fourth-order valence-electron chi connectivity index (χ4n) is 1.62. The third-order valence-corrected chi connectivity index (χ3v) is 2.86. The van der Waals surface area contributed by atoms with Crippen LogP contribution >= 0.6 is 0 Å². The molecule has 92 valence electrons. The van der Waals surface area contributed by atoms with E-state index in [1.54, 1.807) is 12.1 Å². The zero-order valence-electron chi connectivity index (χ0n) is 9.51. The Hall–Kier alpha value is -1.62. The van der Waals surface area contributed by atoms with Crippen molar-refractivity contribution in [3.63, 3.8) is 0 Å². The summed E-state index contributed by atoms with van der Waals surface area (Å²) in [5, 5.41) is 9.83. The van der Waals surface area contributed by atoms with Crippen molar-refractivity contribution in [3.8, 4) is 0 Å². The molecule has 1 fully saturated rings. The lowest BCUT2D eigenvalue weighted by molar-refractivity contribution is 0.186. The van der Waals surface area contributed by atoms with Crippen LogP contribution in [0.1, 0.15) is 18.1 Å². The number of nitrogens with zero attached hydrogens (tertiary/aromatic N) is 2. The van der Waals surface area contributed by atoms with Gasteiger partial charge in [0.1, 0.15) is 5.82 Å². The summed E-state index contributed by atoms with van der Waals surface area (Å²) >= 11 is 0. The number of guanidine groups is 1. The summed E-state index contributed by atoms with van der Waals surface area (Å²) in [5.74, 6) is 0.155. The fourth-order valence-corrected chi connectivity index (χ4v) is 1.62. The molecule has 1 aliphatic rings. The largest absolute Gasteiger partial charge is 0.386 e. The van der Waals surface area contributed by atoms with E-state index in [-0.39, 0.29) is 12.4 Å². The van der Waals surface area contributed by atoms with E-state index < -0.39 is 6.10 Å². The molecule has 0 bridgehead atoms. The molecule has 3 N–H and O–H groups in total. The highest BCUT2D eigenvalue weighted by Gasteiger charge is 2.16. The number of hydrogen-bond acceptors (Lipinski definition) is 2. The Bertz CT molecular complexity index is 401. The normalized spacial score (nSPS) is 17.8. The molecule has 1 aromatic rings. The molecule has 1 saturated heterocycles. The zero-order valence-corrected chi connectivity index (χ0v) is 9.51. The first-order chi connectivity index (χ1) is 8.16. The van der Waals surface area contributed by atoms with E-state index >= 15 is 0 Å². The first-order valence-electron chi connectivity index (χ1n) is 5.65. The number of aliphatic hydroxyl groups is 1. The van der Waals surface area contributed by atoms with E-state index in [9.17, 15) is 9.50 Å². The number of benzene rings is 1. The number of aliphatic imine (C=N–C) groups is 1. The highest BCUT2D eigenvalue weighted by molar-refractivity contribution is 5.78. The molecule has 4 nitrogen and oxygen atoms in total. The van der Waals surface area contributed by atoms with Crippen LogP contribution in [0, 0.1) is 5.82 Å². The smallest absolute Gasteiger partial charge is 0.191 e. The van der Waals surface area contributed by atoms with Crippen molar-refractivity contribution in [3.05, 3.63) is 35.6 Å². The van der Waals surface area contributed by atoms with Gasteiger partial charge in [-0.1, -0.05) is 12.1 Å². The molecular formula is C12H16FN3O. The van der Waals surface area contributed by atoms with Gasteiger partial charge >= 0.3 is 0 Å². The van der Waals surface area contributed by atoms with Crippen LogP contribution in [0.5, 0.6) is 0 Å². The van der Waals surface area contributed by atoms with Gasteiger partial charge in [-0.3, -0.25) is 4.99 Å². The molecule has 0 unspecified atom stereocenters. The van der Waals surface area contributed by atoms with Crippen LogP contribution in [-0.2, 0) is 0 Å². The number of likely N-dealkylation sites (tertiary alicyclic amines) is 1. The average Bonchev–Trinajstić information content (AvgIpc) is 2.24. The van der Waals surface area contributed by atoms with Crippen LogP contribution in [0.2, 0.25) is 0 Å². The first kappa shape index (κ1) is 11.9. The second-order valence-corrected chi connectivity index (χ2v) is 4.11. The van der Waals surface area contributed by atoms with E-state index in [1.807, 2.05) is 4.90 Å². The summed E-state index contributed by atoms with van der Waals surface area (Å²) in [6.45, 7) is 2.07. The van der Waals surface area contributed by atoms with E-state index in [4.69, 9.17) is 5.73 Å². The maximum Gasteiger partial charge on any atom is 0.191 e. The van der Waals surface area contributed by atoms with E-state index in [2.05, 4.69) is 4.99 Å². The van der Waals surface area contributed by atoms with E-state index in [0.29, 0.717) is 11.5 Å². The molecule has 0 aromatic heterocycles. The van der Waals surface area contributed by atoms with Gasteiger partial charge in [0.15, 0.2) is 5.96 Å². The Kier molecular flexibility index (Phi) is 3.58. The van der Waals surface area contributed by atoms with Crippen molar-refractivity contribution in [2.45, 2.75) is 12.5 Å². The summed E-state index contributed by atoms with van der Waals surface area (Å²) in [6, 6.07) is 5.74. The maximum atomic E-state index is 12.7. The lowest BCUT2D eigenvalue weighted by Gasteiger charge is -2.31. The monoisotopic (exact) mass is 237 g/mol. The Balaban J connectivity index is 1.92. The van der Waals surface area contributed by atoms with Gasteiger partial charge < -0.3 is 15.7 Å². The predicted molar refractivity (Wildman–Crippen MR) is 64.0 cm³/mol. The highest BCUT2D eigenvalue weighted by Crippen LogP contribution is 2.14. The minimum absolute atomic E-state index is 0.202.